The number of carboxylic acids is 3. The van der Waals surface area contributed by atoms with Crippen LogP contribution in [0.15, 0.2) is 51.5 Å². The average molecular weight is 1140 g/mol. The number of carboxylic acid groups (broad SMARTS) is 3. The average Bonchev–Trinajstić information content (AvgIpc) is 3.78. The maximum absolute atomic E-state index is 14.0. The number of benzene rings is 1. The summed E-state index contributed by atoms with van der Waals surface area (Å²) in [7, 11) is 3.57. The smallest absolute Gasteiger partial charge is 0.404 e. The molecule has 0 bridgehead atoms. The SMILES string of the molecule is CO[C@@]12[C@H](COC(N)=O)C3=C(C(=O)C(C)C(=NCCSSC[C@H](NC(=O)[C@H](CC(=O)O)NC(=O)[C@@H](N)CNC(=O)CC[C@@H](NC(=O)c4ccc(NCc5cnc6nc(N)[nH]c(=O)c6n5)cc4)C(=O)O)C(=O)O)C3=O)N1C[C@@H]1N[C@@H]12. The van der Waals surface area contributed by atoms with Crippen LogP contribution in [0.3, 0.4) is 0 Å². The van der Waals surface area contributed by atoms with E-state index in [1.165, 1.54) is 37.6 Å². The Balaban J connectivity index is 0.831. The van der Waals surface area contributed by atoms with E-state index in [-0.39, 0.29) is 88.7 Å². The van der Waals surface area contributed by atoms with Crippen LogP contribution in [0, 0.1) is 11.8 Å². The number of ketones is 2. The molecule has 5 heterocycles. The number of rotatable bonds is 27. The number of H-pyrrole nitrogens is 1. The third-order valence-corrected chi connectivity index (χ3v) is 15.6. The number of amides is 5. The van der Waals surface area contributed by atoms with Crippen molar-refractivity contribution in [2.45, 2.75) is 74.7 Å². The fraction of sp³-hybridized carbons (Fsp3) is 0.457. The van der Waals surface area contributed by atoms with E-state index < -0.39 is 127 Å². The van der Waals surface area contributed by atoms with Crippen molar-refractivity contribution in [1.29, 1.82) is 0 Å². The molecule has 33 heteroatoms. The van der Waals surface area contributed by atoms with Crippen LogP contribution >= 0.6 is 21.6 Å². The summed E-state index contributed by atoms with van der Waals surface area (Å²) in [6, 6.07) is -0.844. The van der Waals surface area contributed by atoms with E-state index in [1.54, 1.807) is 11.8 Å². The molecule has 1 unspecified atom stereocenters. The molecule has 5 amide bonds. The summed E-state index contributed by atoms with van der Waals surface area (Å²) >= 11 is 0. The summed E-state index contributed by atoms with van der Waals surface area (Å²) in [6.07, 6.45) is -1.51. The molecule has 422 valence electrons. The maximum Gasteiger partial charge on any atom is 0.404 e. The van der Waals surface area contributed by atoms with Gasteiger partial charge in [-0.05, 0) is 37.6 Å². The van der Waals surface area contributed by atoms with Crippen LogP contribution in [0.25, 0.3) is 11.2 Å². The molecule has 2 aromatic heterocycles. The molecule has 4 aliphatic rings. The molecule has 79 heavy (non-hydrogen) atoms. The Hall–Kier alpha value is -8.27. The zero-order valence-electron chi connectivity index (χ0n) is 42.0. The molecule has 0 spiro atoms. The van der Waals surface area contributed by atoms with Crippen LogP contribution in [-0.2, 0) is 54.4 Å². The molecule has 31 nitrogen and oxygen atoms in total. The number of carbonyl (C=O) groups excluding carboxylic acids is 7. The predicted molar refractivity (Wildman–Crippen MR) is 279 cm³/mol. The van der Waals surface area contributed by atoms with Crippen molar-refractivity contribution in [3.05, 3.63) is 63.3 Å². The number of carbonyl (C=O) groups is 10. The fourth-order valence-electron chi connectivity index (χ4n) is 9.24. The van der Waals surface area contributed by atoms with Crippen LogP contribution in [0.5, 0.6) is 0 Å². The summed E-state index contributed by atoms with van der Waals surface area (Å²) in [4.78, 5) is 160. The number of nitrogens with two attached hydrogens (primary N) is 3. The number of aromatic amines is 1. The molecule has 0 saturated carbocycles. The number of aliphatic imine (C=N–C) groups is 1. The van der Waals surface area contributed by atoms with Crippen LogP contribution in [-0.4, -0.2) is 192 Å². The van der Waals surface area contributed by atoms with E-state index in [4.69, 9.17) is 26.7 Å². The van der Waals surface area contributed by atoms with E-state index in [0.29, 0.717) is 17.9 Å². The first-order valence-electron chi connectivity index (χ1n) is 24.1. The lowest BCUT2D eigenvalue weighted by Gasteiger charge is -2.39. The van der Waals surface area contributed by atoms with E-state index in [9.17, 15) is 68.1 Å². The highest BCUT2D eigenvalue weighted by molar-refractivity contribution is 8.76. The number of nitrogens with one attached hydrogen (secondary N) is 7. The maximum atomic E-state index is 14.0. The number of hydrogen-bond donors (Lipinski definition) is 13. The zero-order valence-corrected chi connectivity index (χ0v) is 43.6. The zero-order chi connectivity index (χ0) is 57.5. The first kappa shape index (κ1) is 58.4. The molecule has 1 aliphatic carbocycles. The van der Waals surface area contributed by atoms with Gasteiger partial charge >= 0.3 is 24.0 Å². The molecule has 1 aromatic carbocycles. The topological polar surface area (TPSA) is 497 Å². The van der Waals surface area contributed by atoms with Crippen molar-refractivity contribution < 1.29 is 72.7 Å². The van der Waals surface area contributed by atoms with Crippen molar-refractivity contribution in [2.75, 3.05) is 55.9 Å². The molecule has 3 aliphatic heterocycles. The lowest BCUT2D eigenvalue weighted by Crippen LogP contribution is -2.57. The molecular formula is C46H55N15O16S2. The minimum Gasteiger partial charge on any atom is -0.481 e. The van der Waals surface area contributed by atoms with Gasteiger partial charge in [-0.25, -0.2) is 24.4 Å². The number of aromatic nitrogens is 4. The number of fused-ring (bicyclic) bond motifs is 5. The molecule has 3 aromatic rings. The Kier molecular flexibility index (Phi) is 18.5. The molecule has 9 atom stereocenters. The number of nitrogens with zero attached hydrogens (tertiary/aromatic N) is 5. The van der Waals surface area contributed by atoms with Gasteiger partial charge in [-0.1, -0.05) is 21.6 Å². The third-order valence-electron chi connectivity index (χ3n) is 13.2. The number of ether oxygens (including phenoxy) is 2. The van der Waals surface area contributed by atoms with Crippen molar-refractivity contribution >= 4 is 109 Å². The summed E-state index contributed by atoms with van der Waals surface area (Å²) in [6.45, 7) is 1.21. The Morgan fingerprint density at radius 2 is 1.67 bits per heavy atom. The third kappa shape index (κ3) is 13.4. The predicted octanol–water partition coefficient (Wildman–Crippen LogP) is -3.57. The number of anilines is 2. The number of nitrogen functional groups attached to an aromatic ring is 1. The Morgan fingerprint density at radius 3 is 2.34 bits per heavy atom. The number of piperazine rings is 1. The highest BCUT2D eigenvalue weighted by atomic mass is 33.1. The molecule has 16 N–H and O–H groups in total. The standard InChI is InChI=1S/C46H55N15O16S2/c1-18-31(35(66)30-22(16-77-45(49)75)46(76-2)36-26(55-36)15-61(46)33(30)34(18)65)50-9-10-78-79-17-27(43(73)74)58-40(69)25(11-29(63)64)57-39(68)23(47)14-52-28(62)8-7-24(42(71)72)56-38(67)19-3-5-20(6-4-19)51-12-21-13-53-37-32(54-21)41(70)60-44(48)59-37/h3-6,13,18,22-27,36,51,55H,7-12,14-17,47H2,1-2H3,(H2,49,75)(H,52,62)(H,56,67)(H,57,68)(H,58,69)(H,63,64)(H,71,72)(H,73,74)(H3,48,53,59,60,70)/t18?,22-,23+,24-,25+,26+,27+,36+,46-/m1/s1. The van der Waals surface area contributed by atoms with Gasteiger partial charge in [-0.2, -0.15) is 4.98 Å². The second-order valence-electron chi connectivity index (χ2n) is 18.3. The van der Waals surface area contributed by atoms with Gasteiger partial charge < -0.3 is 78.8 Å². The minimum absolute atomic E-state index is 0.00831. The van der Waals surface area contributed by atoms with Crippen LogP contribution in [0.1, 0.15) is 42.2 Å². The van der Waals surface area contributed by atoms with Crippen molar-refractivity contribution in [1.82, 2.24) is 51.4 Å². The second kappa shape index (κ2) is 25.0. The van der Waals surface area contributed by atoms with Crippen LogP contribution < -0.4 is 54.7 Å². The quantitative estimate of drug-likeness (QED) is 0.0199. The molecule has 2 saturated heterocycles. The molecule has 2 fully saturated rings. The number of allylic oxidation sites excluding steroid dienone is 1. The second-order valence-corrected chi connectivity index (χ2v) is 21.0. The molecule has 7 rings (SSSR count). The van der Waals surface area contributed by atoms with Crippen LogP contribution in [0.4, 0.5) is 16.4 Å². The highest BCUT2D eigenvalue weighted by Crippen LogP contribution is 2.55. The van der Waals surface area contributed by atoms with Gasteiger partial charge in [-0.15, -0.1) is 0 Å². The van der Waals surface area contributed by atoms with Crippen molar-refractivity contribution in [2.24, 2.45) is 28.3 Å². The first-order chi connectivity index (χ1) is 37.5. The van der Waals surface area contributed by atoms with Gasteiger partial charge in [0.25, 0.3) is 11.5 Å². The lowest BCUT2D eigenvalue weighted by atomic mass is 9.78. The Bertz CT molecular complexity index is 3090. The molecular weight excluding hydrogens is 1080 g/mol. The lowest BCUT2D eigenvalue weighted by molar-refractivity contribution is -0.143. The molecule has 0 radical (unpaired) electrons. The summed E-state index contributed by atoms with van der Waals surface area (Å²) < 4.78 is 11.1. The number of Topliss-reactive ketones (excluding diaryl/α,β-unsaturated/α-hetero) is 2. The largest absolute Gasteiger partial charge is 0.481 e. The van der Waals surface area contributed by atoms with Crippen molar-refractivity contribution in [3.63, 3.8) is 0 Å². The number of hydrogen-bond acceptors (Lipinski definition) is 24. The van der Waals surface area contributed by atoms with Gasteiger partial charge in [0.2, 0.25) is 29.5 Å². The normalized spacial score (nSPS) is 21.9. The van der Waals surface area contributed by atoms with E-state index in [2.05, 4.69) is 56.8 Å². The first-order valence-corrected chi connectivity index (χ1v) is 26.6. The minimum atomic E-state index is -1.82. The van der Waals surface area contributed by atoms with Gasteiger partial charge in [0, 0.05) is 67.5 Å². The fourth-order valence-corrected chi connectivity index (χ4v) is 11.3. The summed E-state index contributed by atoms with van der Waals surface area (Å²) in [5.74, 6) is -11.1. The van der Waals surface area contributed by atoms with Crippen molar-refractivity contribution in [3.8, 4) is 0 Å². The Morgan fingerprint density at radius 1 is 0.962 bits per heavy atom. The number of primary amides is 1. The Labute approximate surface area is 454 Å². The van der Waals surface area contributed by atoms with Gasteiger partial charge in [0.1, 0.15) is 30.8 Å². The van der Waals surface area contributed by atoms with E-state index >= 15 is 0 Å². The van der Waals surface area contributed by atoms with Gasteiger partial charge in [0.05, 0.1) is 54.1 Å². The van der Waals surface area contributed by atoms with E-state index in [0.717, 1.165) is 21.6 Å². The highest BCUT2D eigenvalue weighted by Gasteiger charge is 2.73. The van der Waals surface area contributed by atoms with Gasteiger partial charge in [-0.3, -0.25) is 48.3 Å². The van der Waals surface area contributed by atoms with Gasteiger partial charge in [0.15, 0.2) is 22.7 Å². The summed E-state index contributed by atoms with van der Waals surface area (Å²) in [5, 5.41) is 44.5. The van der Waals surface area contributed by atoms with Crippen LogP contribution in [0.2, 0.25) is 0 Å². The summed E-state index contributed by atoms with van der Waals surface area (Å²) in [5.41, 5.74) is 16.3. The van der Waals surface area contributed by atoms with E-state index in [1.807, 2.05) is 0 Å². The monoisotopic (exact) mass is 1140 g/mol. The number of aliphatic carboxylic acids is 3. The number of methoxy groups -OCH3 is 1.